The third-order valence-electron chi connectivity index (χ3n) is 2.30. The molecule has 0 atom stereocenters. The van der Waals surface area contributed by atoms with Gasteiger partial charge in [-0.2, -0.15) is 5.26 Å². The number of methoxy groups -OCH3 is 1. The van der Waals surface area contributed by atoms with Crippen molar-refractivity contribution < 1.29 is 4.74 Å². The molecule has 0 amide bonds. The highest BCUT2D eigenvalue weighted by molar-refractivity contribution is 7.80. The molecule has 1 fully saturated rings. The molecule has 0 aromatic carbocycles. The van der Waals surface area contributed by atoms with Crippen LogP contribution in [0.25, 0.3) is 0 Å². The van der Waals surface area contributed by atoms with E-state index in [9.17, 15) is 0 Å². The Morgan fingerprint density at radius 3 is 2.93 bits per heavy atom. The number of thiocarbonyl (C=S) groups is 1. The third kappa shape index (κ3) is 4.45. The fourth-order valence-corrected chi connectivity index (χ4v) is 1.71. The van der Waals surface area contributed by atoms with Gasteiger partial charge in [0.05, 0.1) is 19.1 Å². The van der Waals surface area contributed by atoms with E-state index in [4.69, 9.17) is 22.2 Å². The van der Waals surface area contributed by atoms with Crippen molar-refractivity contribution in [2.45, 2.75) is 25.3 Å². The third-order valence-corrected chi connectivity index (χ3v) is 2.67. The molecular weight excluding hydrogens is 210 g/mol. The van der Waals surface area contributed by atoms with Crippen LogP contribution in [0.5, 0.6) is 0 Å². The fraction of sp³-hybridized carbons (Fsp3) is 0.800. The van der Waals surface area contributed by atoms with Crippen LogP contribution >= 0.6 is 12.2 Å². The van der Waals surface area contributed by atoms with Gasteiger partial charge < -0.3 is 15.0 Å². The van der Waals surface area contributed by atoms with Gasteiger partial charge in [0.1, 0.15) is 0 Å². The smallest absolute Gasteiger partial charge is 0.169 e. The van der Waals surface area contributed by atoms with Crippen molar-refractivity contribution in [3.63, 3.8) is 0 Å². The lowest BCUT2D eigenvalue weighted by atomic mass is 10.4. The average molecular weight is 227 g/mol. The summed E-state index contributed by atoms with van der Waals surface area (Å²) in [7, 11) is 1.67. The van der Waals surface area contributed by atoms with Gasteiger partial charge in [0.25, 0.3) is 0 Å². The van der Waals surface area contributed by atoms with Crippen molar-refractivity contribution >= 4 is 17.3 Å². The van der Waals surface area contributed by atoms with Gasteiger partial charge in [0.15, 0.2) is 5.11 Å². The van der Waals surface area contributed by atoms with Gasteiger partial charge in [-0.1, -0.05) is 0 Å². The quantitative estimate of drug-likeness (QED) is 0.539. The Bertz CT molecular complexity index is 248. The summed E-state index contributed by atoms with van der Waals surface area (Å²) in [5.41, 5.74) is 0. The molecule has 0 spiro atoms. The van der Waals surface area contributed by atoms with Crippen molar-refractivity contribution in [3.05, 3.63) is 0 Å². The summed E-state index contributed by atoms with van der Waals surface area (Å²) in [6.45, 7) is 2.11. The molecule has 15 heavy (non-hydrogen) atoms. The zero-order chi connectivity index (χ0) is 11.1. The Labute approximate surface area is 96.2 Å². The molecule has 0 bridgehead atoms. The molecule has 0 unspecified atom stereocenters. The monoisotopic (exact) mass is 227 g/mol. The SMILES string of the molecule is COCCNC(=S)N(CCC#N)C1CC1. The first-order valence-corrected chi connectivity index (χ1v) is 5.60. The minimum Gasteiger partial charge on any atom is -0.383 e. The first-order chi connectivity index (χ1) is 7.29. The van der Waals surface area contributed by atoms with Gasteiger partial charge in [0.2, 0.25) is 0 Å². The molecule has 0 aromatic rings. The van der Waals surface area contributed by atoms with Crippen molar-refractivity contribution in [2.75, 3.05) is 26.8 Å². The first kappa shape index (κ1) is 12.2. The molecule has 1 aliphatic rings. The molecule has 1 saturated carbocycles. The molecule has 0 saturated heterocycles. The van der Waals surface area contributed by atoms with Gasteiger partial charge in [-0.25, -0.2) is 0 Å². The summed E-state index contributed by atoms with van der Waals surface area (Å²) >= 11 is 5.27. The van der Waals surface area contributed by atoms with Crippen molar-refractivity contribution in [1.29, 1.82) is 5.26 Å². The lowest BCUT2D eigenvalue weighted by molar-refractivity contribution is 0.203. The second-order valence-electron chi connectivity index (χ2n) is 3.56. The maximum atomic E-state index is 8.55. The van der Waals surface area contributed by atoms with E-state index in [1.54, 1.807) is 7.11 Å². The molecular formula is C10H17N3OS. The Kier molecular flexibility index (Phi) is 5.37. The fourth-order valence-electron chi connectivity index (χ4n) is 1.37. The molecule has 0 aromatic heterocycles. The minimum atomic E-state index is 0.530. The summed E-state index contributed by atoms with van der Waals surface area (Å²) in [4.78, 5) is 2.12. The van der Waals surface area contributed by atoms with E-state index < -0.39 is 0 Å². The summed E-state index contributed by atoms with van der Waals surface area (Å²) in [5.74, 6) is 0. The van der Waals surface area contributed by atoms with Crippen LogP contribution in [0, 0.1) is 11.3 Å². The predicted molar refractivity (Wildman–Crippen MR) is 62.4 cm³/mol. The normalized spacial score (nSPS) is 14.4. The van der Waals surface area contributed by atoms with Crippen LogP contribution in [-0.4, -0.2) is 42.9 Å². The zero-order valence-electron chi connectivity index (χ0n) is 9.03. The van der Waals surface area contributed by atoms with Crippen LogP contribution in [-0.2, 0) is 4.74 Å². The molecule has 5 heteroatoms. The number of nitrogens with zero attached hydrogens (tertiary/aromatic N) is 2. The van der Waals surface area contributed by atoms with E-state index in [2.05, 4.69) is 16.3 Å². The van der Waals surface area contributed by atoms with Crippen LogP contribution in [0.1, 0.15) is 19.3 Å². The second kappa shape index (κ2) is 6.59. The maximum Gasteiger partial charge on any atom is 0.169 e. The molecule has 4 nitrogen and oxygen atoms in total. The summed E-state index contributed by atoms with van der Waals surface area (Å²) in [6, 6.07) is 2.71. The van der Waals surface area contributed by atoms with E-state index in [-0.39, 0.29) is 0 Å². The molecule has 1 rings (SSSR count). The number of ether oxygens (including phenoxy) is 1. The van der Waals surface area contributed by atoms with Crippen LogP contribution in [0.3, 0.4) is 0 Å². The highest BCUT2D eigenvalue weighted by Crippen LogP contribution is 2.26. The lowest BCUT2D eigenvalue weighted by Gasteiger charge is -2.24. The Morgan fingerprint density at radius 2 is 2.40 bits per heavy atom. The molecule has 84 valence electrons. The summed E-state index contributed by atoms with van der Waals surface area (Å²) in [6.07, 6.45) is 2.91. The van der Waals surface area contributed by atoms with E-state index in [0.717, 1.165) is 18.2 Å². The lowest BCUT2D eigenvalue weighted by Crippen LogP contribution is -2.42. The van der Waals surface area contributed by atoms with Gasteiger partial charge in [0, 0.05) is 26.2 Å². The number of nitriles is 1. The van der Waals surface area contributed by atoms with Gasteiger partial charge in [-0.15, -0.1) is 0 Å². The maximum absolute atomic E-state index is 8.55. The zero-order valence-corrected chi connectivity index (χ0v) is 9.85. The average Bonchev–Trinajstić information content (AvgIpc) is 3.03. The van der Waals surface area contributed by atoms with Crippen molar-refractivity contribution in [2.24, 2.45) is 0 Å². The molecule has 1 aliphatic carbocycles. The molecule has 0 heterocycles. The van der Waals surface area contributed by atoms with Crippen LogP contribution in [0.15, 0.2) is 0 Å². The van der Waals surface area contributed by atoms with E-state index in [1.807, 2.05) is 0 Å². The summed E-state index contributed by atoms with van der Waals surface area (Å²) in [5, 5.41) is 12.4. The highest BCUT2D eigenvalue weighted by Gasteiger charge is 2.30. The molecule has 0 radical (unpaired) electrons. The Hall–Kier alpha value is -0.860. The van der Waals surface area contributed by atoms with Gasteiger partial charge in [-0.05, 0) is 25.1 Å². The van der Waals surface area contributed by atoms with Crippen molar-refractivity contribution in [3.8, 4) is 6.07 Å². The largest absolute Gasteiger partial charge is 0.383 e. The first-order valence-electron chi connectivity index (χ1n) is 5.20. The van der Waals surface area contributed by atoms with Crippen LogP contribution < -0.4 is 5.32 Å². The summed E-state index contributed by atoms with van der Waals surface area (Å²) < 4.78 is 4.94. The molecule has 1 N–H and O–H groups in total. The minimum absolute atomic E-state index is 0.530. The molecule has 0 aliphatic heterocycles. The number of nitrogens with one attached hydrogen (secondary N) is 1. The van der Waals surface area contributed by atoms with Crippen LogP contribution in [0.4, 0.5) is 0 Å². The Balaban J connectivity index is 2.28. The van der Waals surface area contributed by atoms with E-state index in [1.165, 1.54) is 12.8 Å². The topological polar surface area (TPSA) is 48.3 Å². The van der Waals surface area contributed by atoms with Crippen molar-refractivity contribution in [1.82, 2.24) is 10.2 Å². The predicted octanol–water partition coefficient (Wildman–Crippen LogP) is 0.885. The van der Waals surface area contributed by atoms with Gasteiger partial charge >= 0.3 is 0 Å². The second-order valence-corrected chi connectivity index (χ2v) is 3.94. The highest BCUT2D eigenvalue weighted by atomic mass is 32.1. The Morgan fingerprint density at radius 1 is 1.67 bits per heavy atom. The number of rotatable bonds is 6. The number of hydrogen-bond donors (Lipinski definition) is 1. The van der Waals surface area contributed by atoms with E-state index in [0.29, 0.717) is 19.1 Å². The standard InChI is InChI=1S/C10H17N3OS/c1-14-8-6-12-10(15)13(7-2-5-11)9-3-4-9/h9H,2-4,6-8H2,1H3,(H,12,15). The van der Waals surface area contributed by atoms with E-state index >= 15 is 0 Å². The van der Waals surface area contributed by atoms with Crippen LogP contribution in [0.2, 0.25) is 0 Å². The van der Waals surface area contributed by atoms with Gasteiger partial charge in [-0.3, -0.25) is 0 Å². The number of hydrogen-bond acceptors (Lipinski definition) is 3.